The Morgan fingerprint density at radius 1 is 1.13 bits per heavy atom. The molecule has 2 fully saturated rings. The molecule has 2 atom stereocenters. The van der Waals surface area contributed by atoms with Crippen LogP contribution in [0.4, 0.5) is 10.2 Å². The highest BCUT2D eigenvalue weighted by Gasteiger charge is 2.47. The van der Waals surface area contributed by atoms with E-state index in [1.54, 1.807) is 6.07 Å². The largest absolute Gasteiger partial charge is 0.493 e. The van der Waals surface area contributed by atoms with E-state index in [1.165, 1.54) is 48.9 Å². The number of anilines is 1. The molecule has 204 valence electrons. The first-order valence-corrected chi connectivity index (χ1v) is 14.0. The number of nitrogen functional groups attached to an aromatic ring is 1. The SMILES string of the molecule is CC(C)COc1cc(F)cc(-c2ccc(C(=O)NS(=O)(=O)c3cccc(N)n3)c(OC3CC4CC4C3)n2)c1.[HH].[HH]. The van der Waals surface area contributed by atoms with E-state index in [1.807, 2.05) is 18.6 Å². The fourth-order valence-corrected chi connectivity index (χ4v) is 5.59. The van der Waals surface area contributed by atoms with E-state index >= 15 is 0 Å². The fraction of sp³-hybridized carbons (Fsp3) is 0.370. The molecular formula is C27H33FN4O5S. The lowest BCUT2D eigenvalue weighted by molar-refractivity contribution is 0.0971. The lowest BCUT2D eigenvalue weighted by Gasteiger charge is -2.18. The summed E-state index contributed by atoms with van der Waals surface area (Å²) in [5.41, 5.74) is 6.33. The standard InChI is InChI=1S/C27H29FN4O5S.2H2/c1-15(2)14-36-20-12-18(9-19(28)13-20)23-7-6-22(27(30-23)37-21-10-16-8-17(16)11-21)26(33)32-38(34,35)25-5-3-4-24(29)31-25;;/h3-7,9,12-13,15-17,21H,8,10-11,14H2,1-2H3,(H2,29,31)(H,32,33);2*1H. The van der Waals surface area contributed by atoms with Crippen LogP contribution in [-0.4, -0.2) is 37.0 Å². The zero-order valence-electron chi connectivity index (χ0n) is 21.1. The summed E-state index contributed by atoms with van der Waals surface area (Å²) in [7, 11) is -4.30. The molecule has 0 spiro atoms. The van der Waals surface area contributed by atoms with Crippen LogP contribution in [0.25, 0.3) is 11.3 Å². The summed E-state index contributed by atoms with van der Waals surface area (Å²) >= 11 is 0. The number of halogens is 1. The van der Waals surface area contributed by atoms with E-state index in [-0.39, 0.29) is 37.2 Å². The van der Waals surface area contributed by atoms with Crippen molar-refractivity contribution in [3.63, 3.8) is 0 Å². The number of ether oxygens (including phenoxy) is 2. The number of pyridine rings is 2. The van der Waals surface area contributed by atoms with Crippen LogP contribution in [0.5, 0.6) is 11.6 Å². The number of carbonyl (C=O) groups excluding carboxylic acids is 1. The third-order valence-electron chi connectivity index (χ3n) is 6.58. The fourth-order valence-electron chi connectivity index (χ4n) is 4.64. The van der Waals surface area contributed by atoms with Crippen LogP contribution in [0.1, 0.15) is 46.3 Å². The normalized spacial score (nSPS) is 20.2. The molecule has 5 rings (SSSR count). The van der Waals surface area contributed by atoms with Crippen LogP contribution < -0.4 is 19.9 Å². The van der Waals surface area contributed by atoms with E-state index in [0.29, 0.717) is 35.4 Å². The second kappa shape index (κ2) is 10.2. The predicted octanol–water partition coefficient (Wildman–Crippen LogP) is 4.69. The first-order chi connectivity index (χ1) is 18.1. The van der Waals surface area contributed by atoms with Crippen molar-refractivity contribution in [2.24, 2.45) is 17.8 Å². The third-order valence-corrected chi connectivity index (χ3v) is 7.81. The maximum Gasteiger partial charge on any atom is 0.281 e. The minimum atomic E-state index is -4.30. The Hall–Kier alpha value is -3.73. The average molecular weight is 545 g/mol. The summed E-state index contributed by atoms with van der Waals surface area (Å²) in [5.74, 6) is 0.401. The molecule has 0 saturated heterocycles. The van der Waals surface area contributed by atoms with Crippen LogP contribution in [0.15, 0.2) is 53.6 Å². The highest BCUT2D eigenvalue weighted by atomic mass is 32.2. The van der Waals surface area contributed by atoms with Gasteiger partial charge in [-0.2, -0.15) is 8.42 Å². The minimum absolute atomic E-state index is 0. The number of sulfonamides is 1. The van der Waals surface area contributed by atoms with Crippen molar-refractivity contribution < 1.29 is 29.9 Å². The molecule has 2 aromatic heterocycles. The van der Waals surface area contributed by atoms with Crippen LogP contribution in [-0.2, 0) is 10.0 Å². The van der Waals surface area contributed by atoms with Gasteiger partial charge in [0, 0.05) is 14.5 Å². The molecule has 2 saturated carbocycles. The van der Waals surface area contributed by atoms with E-state index in [4.69, 9.17) is 15.2 Å². The summed E-state index contributed by atoms with van der Waals surface area (Å²) < 4.78 is 53.8. The number of aromatic nitrogens is 2. The molecule has 9 nitrogen and oxygen atoms in total. The van der Waals surface area contributed by atoms with Crippen LogP contribution in [0, 0.1) is 23.6 Å². The molecule has 11 heteroatoms. The van der Waals surface area contributed by atoms with E-state index in [9.17, 15) is 17.6 Å². The quantitative estimate of drug-likeness (QED) is 0.396. The molecule has 0 radical (unpaired) electrons. The molecule has 3 N–H and O–H groups in total. The van der Waals surface area contributed by atoms with E-state index in [2.05, 4.69) is 9.97 Å². The number of rotatable bonds is 9. The third kappa shape index (κ3) is 5.88. The van der Waals surface area contributed by atoms with Gasteiger partial charge in [-0.25, -0.2) is 19.1 Å². The molecule has 2 heterocycles. The number of nitrogens with two attached hydrogens (primary N) is 1. The van der Waals surface area contributed by atoms with Gasteiger partial charge in [0.2, 0.25) is 5.88 Å². The van der Waals surface area contributed by atoms with Gasteiger partial charge in [-0.3, -0.25) is 4.79 Å². The van der Waals surface area contributed by atoms with Gasteiger partial charge in [0.05, 0.1) is 12.3 Å². The summed E-state index contributed by atoms with van der Waals surface area (Å²) in [5, 5.41) is -0.387. The Morgan fingerprint density at radius 3 is 2.61 bits per heavy atom. The van der Waals surface area contributed by atoms with Gasteiger partial charge in [0.15, 0.2) is 5.03 Å². The Balaban J connectivity index is 0.00000220. The first-order valence-electron chi connectivity index (χ1n) is 12.5. The molecule has 0 aliphatic heterocycles. The van der Waals surface area contributed by atoms with Crippen LogP contribution >= 0.6 is 0 Å². The van der Waals surface area contributed by atoms with Crippen molar-refractivity contribution in [3.05, 3.63) is 59.9 Å². The Labute approximate surface area is 223 Å². The van der Waals surface area contributed by atoms with E-state index in [0.717, 1.165) is 12.8 Å². The summed E-state index contributed by atoms with van der Waals surface area (Å²) in [6, 6.07) is 11.3. The van der Waals surface area contributed by atoms with Gasteiger partial charge in [0.1, 0.15) is 29.1 Å². The summed E-state index contributed by atoms with van der Waals surface area (Å²) in [4.78, 5) is 21.5. The highest BCUT2D eigenvalue weighted by molar-refractivity contribution is 7.90. The van der Waals surface area contributed by atoms with Gasteiger partial charge in [-0.15, -0.1) is 0 Å². The number of amides is 1. The Kier molecular flexibility index (Phi) is 6.95. The van der Waals surface area contributed by atoms with Gasteiger partial charge in [0.25, 0.3) is 15.9 Å². The monoisotopic (exact) mass is 544 g/mol. The zero-order valence-corrected chi connectivity index (χ0v) is 21.9. The maximum atomic E-state index is 14.4. The van der Waals surface area contributed by atoms with Crippen molar-refractivity contribution in [1.29, 1.82) is 0 Å². The number of hydrogen-bond acceptors (Lipinski definition) is 8. The summed E-state index contributed by atoms with van der Waals surface area (Å²) in [6.45, 7) is 4.40. The molecule has 2 aliphatic carbocycles. The molecule has 2 aliphatic rings. The number of hydrogen-bond donors (Lipinski definition) is 2. The number of nitrogens with one attached hydrogen (secondary N) is 1. The zero-order chi connectivity index (χ0) is 27.0. The second-order valence-corrected chi connectivity index (χ2v) is 11.9. The smallest absolute Gasteiger partial charge is 0.281 e. The Bertz CT molecular complexity index is 1480. The Morgan fingerprint density at radius 2 is 1.89 bits per heavy atom. The van der Waals surface area contributed by atoms with Crippen molar-refractivity contribution in [1.82, 2.24) is 14.7 Å². The van der Waals surface area contributed by atoms with Crippen LogP contribution in [0.2, 0.25) is 0 Å². The van der Waals surface area contributed by atoms with Gasteiger partial charge in [-0.1, -0.05) is 19.9 Å². The lowest BCUT2D eigenvalue weighted by Crippen LogP contribution is -2.32. The van der Waals surface area contributed by atoms with Gasteiger partial charge < -0.3 is 15.2 Å². The molecular weight excluding hydrogens is 511 g/mol. The maximum absolute atomic E-state index is 14.4. The number of fused-ring (bicyclic) bond motifs is 1. The topological polar surface area (TPSA) is 134 Å². The lowest BCUT2D eigenvalue weighted by atomic mass is 10.1. The molecule has 0 bridgehead atoms. The first kappa shape index (κ1) is 25.9. The molecule has 1 aromatic carbocycles. The minimum Gasteiger partial charge on any atom is -0.493 e. The molecule has 3 aromatic rings. The van der Waals surface area contributed by atoms with Crippen molar-refractivity contribution >= 4 is 21.7 Å². The van der Waals surface area contributed by atoms with Crippen molar-refractivity contribution in [2.45, 2.75) is 44.2 Å². The number of benzene rings is 1. The second-order valence-electron chi connectivity index (χ2n) is 10.2. The summed E-state index contributed by atoms with van der Waals surface area (Å²) in [6.07, 6.45) is 2.72. The average Bonchev–Trinajstić information content (AvgIpc) is 3.47. The van der Waals surface area contributed by atoms with Gasteiger partial charge >= 0.3 is 0 Å². The number of nitrogens with zero attached hydrogens (tertiary/aromatic N) is 2. The van der Waals surface area contributed by atoms with Crippen molar-refractivity contribution in [3.8, 4) is 22.9 Å². The van der Waals surface area contributed by atoms with E-state index < -0.39 is 21.7 Å². The van der Waals surface area contributed by atoms with Gasteiger partial charge in [-0.05, 0) is 73.4 Å². The number of carbonyl (C=O) groups is 1. The van der Waals surface area contributed by atoms with Crippen LogP contribution in [0.3, 0.4) is 0 Å². The predicted molar refractivity (Wildman–Crippen MR) is 143 cm³/mol. The van der Waals surface area contributed by atoms with Crippen molar-refractivity contribution in [2.75, 3.05) is 12.3 Å². The highest BCUT2D eigenvalue weighted by Crippen LogP contribution is 2.52. The molecule has 2 unspecified atom stereocenters. The molecule has 1 amide bonds. The molecule has 38 heavy (non-hydrogen) atoms.